The van der Waals surface area contributed by atoms with Crippen LogP contribution in [0.3, 0.4) is 0 Å². The molecule has 0 atom stereocenters. The van der Waals surface area contributed by atoms with Gasteiger partial charge < -0.3 is 10.1 Å². The fraction of sp³-hybridized carbons (Fsp3) is 0.312. The van der Waals surface area contributed by atoms with Crippen molar-refractivity contribution < 1.29 is 9.53 Å². The van der Waals surface area contributed by atoms with Gasteiger partial charge in [-0.05, 0) is 63.6 Å². The van der Waals surface area contributed by atoms with E-state index >= 15 is 0 Å². The predicted molar refractivity (Wildman–Crippen MR) is 94.1 cm³/mol. The van der Waals surface area contributed by atoms with Crippen LogP contribution in [0.4, 0.5) is 22.1 Å². The molecule has 0 radical (unpaired) electrons. The second-order valence-electron chi connectivity index (χ2n) is 6.01. The molecule has 2 aromatic rings. The molecule has 0 aliphatic carbocycles. The highest BCUT2D eigenvalue weighted by Gasteiger charge is 2.16. The van der Waals surface area contributed by atoms with Gasteiger partial charge in [-0.25, -0.2) is 4.79 Å². The first-order valence-corrected chi connectivity index (χ1v) is 7.89. The van der Waals surface area contributed by atoms with Crippen LogP contribution < -0.4 is 10.6 Å². The Balaban J connectivity index is 2.01. The number of aryl methyl sites for hydroxylation is 1. The monoisotopic (exact) mass is 378 g/mol. The van der Waals surface area contributed by atoms with Crippen molar-refractivity contribution in [3.8, 4) is 0 Å². The number of anilines is 3. The summed E-state index contributed by atoms with van der Waals surface area (Å²) in [4.78, 5) is 11.7. The fourth-order valence-electron chi connectivity index (χ4n) is 1.78. The molecule has 2 N–H and O–H groups in total. The first kappa shape index (κ1) is 17.2. The van der Waals surface area contributed by atoms with Gasteiger partial charge in [-0.1, -0.05) is 15.9 Å². The number of carbonyl (C=O) groups is 1. The molecule has 1 amide bonds. The molecular formula is C16H19BrN4O2. The standard InChI is InChI=1S/C16H19BrN4O2/c1-10-9-11(17)5-6-12(10)18-13-7-8-14(21-20-13)19-15(22)23-16(2,3)4/h5-9H,1-4H3,(H,18,20)(H,19,21,22). The number of carbonyl (C=O) groups excluding carboxylic acids is 1. The number of halogens is 1. The second kappa shape index (κ2) is 6.95. The number of hydrogen-bond acceptors (Lipinski definition) is 5. The van der Waals surface area contributed by atoms with Gasteiger partial charge in [0.05, 0.1) is 0 Å². The molecule has 7 heteroatoms. The zero-order valence-electron chi connectivity index (χ0n) is 13.5. The molecule has 1 aromatic heterocycles. The highest BCUT2D eigenvalue weighted by atomic mass is 79.9. The van der Waals surface area contributed by atoms with Crippen molar-refractivity contribution in [1.29, 1.82) is 0 Å². The third kappa shape index (κ3) is 5.52. The number of ether oxygens (including phenoxy) is 1. The van der Waals surface area contributed by atoms with Crippen molar-refractivity contribution in [2.75, 3.05) is 10.6 Å². The molecule has 0 aliphatic heterocycles. The molecule has 1 heterocycles. The van der Waals surface area contributed by atoms with E-state index in [1.54, 1.807) is 32.9 Å². The Morgan fingerprint density at radius 2 is 1.78 bits per heavy atom. The lowest BCUT2D eigenvalue weighted by Crippen LogP contribution is -2.27. The first-order chi connectivity index (χ1) is 10.7. The summed E-state index contributed by atoms with van der Waals surface area (Å²) in [5.41, 5.74) is 1.46. The van der Waals surface area contributed by atoms with Crippen LogP contribution >= 0.6 is 15.9 Å². The fourth-order valence-corrected chi connectivity index (χ4v) is 2.25. The van der Waals surface area contributed by atoms with Crippen molar-refractivity contribution >= 4 is 39.3 Å². The summed E-state index contributed by atoms with van der Waals surface area (Å²) in [7, 11) is 0. The molecule has 0 unspecified atom stereocenters. The third-order valence-corrected chi connectivity index (χ3v) is 3.24. The van der Waals surface area contributed by atoms with Crippen LogP contribution in [0.15, 0.2) is 34.8 Å². The van der Waals surface area contributed by atoms with Crippen molar-refractivity contribution in [3.63, 3.8) is 0 Å². The van der Waals surface area contributed by atoms with Gasteiger partial charge in [0.1, 0.15) is 5.60 Å². The SMILES string of the molecule is Cc1cc(Br)ccc1Nc1ccc(NC(=O)OC(C)(C)C)nn1. The van der Waals surface area contributed by atoms with E-state index in [9.17, 15) is 4.79 Å². The van der Waals surface area contributed by atoms with Crippen LogP contribution in [-0.4, -0.2) is 21.9 Å². The van der Waals surface area contributed by atoms with Gasteiger partial charge >= 0.3 is 6.09 Å². The summed E-state index contributed by atoms with van der Waals surface area (Å²) in [5.74, 6) is 0.919. The maximum atomic E-state index is 11.7. The number of amides is 1. The molecule has 0 fully saturated rings. The Morgan fingerprint density at radius 1 is 1.13 bits per heavy atom. The van der Waals surface area contributed by atoms with Gasteiger partial charge in [0.15, 0.2) is 11.6 Å². The lowest BCUT2D eigenvalue weighted by molar-refractivity contribution is 0.0635. The maximum absolute atomic E-state index is 11.7. The molecule has 0 saturated heterocycles. The minimum absolute atomic E-state index is 0.331. The number of aromatic nitrogens is 2. The van der Waals surface area contributed by atoms with E-state index in [2.05, 4.69) is 36.8 Å². The van der Waals surface area contributed by atoms with E-state index in [4.69, 9.17) is 4.74 Å². The average Bonchev–Trinajstić information content (AvgIpc) is 2.42. The zero-order chi connectivity index (χ0) is 17.0. The normalized spacial score (nSPS) is 11.0. The van der Waals surface area contributed by atoms with E-state index in [0.29, 0.717) is 11.6 Å². The van der Waals surface area contributed by atoms with E-state index in [1.165, 1.54) is 0 Å². The number of nitrogens with one attached hydrogen (secondary N) is 2. The van der Waals surface area contributed by atoms with Crippen LogP contribution in [0.5, 0.6) is 0 Å². The van der Waals surface area contributed by atoms with Crippen molar-refractivity contribution in [3.05, 3.63) is 40.4 Å². The molecule has 0 saturated carbocycles. The smallest absolute Gasteiger partial charge is 0.413 e. The molecule has 1 aromatic carbocycles. The van der Waals surface area contributed by atoms with Gasteiger partial charge in [0.25, 0.3) is 0 Å². The summed E-state index contributed by atoms with van der Waals surface area (Å²) in [5, 5.41) is 13.7. The van der Waals surface area contributed by atoms with Crippen LogP contribution in [0.1, 0.15) is 26.3 Å². The molecule has 2 rings (SSSR count). The molecule has 0 bridgehead atoms. The van der Waals surface area contributed by atoms with Crippen LogP contribution in [0, 0.1) is 6.92 Å². The van der Waals surface area contributed by atoms with Gasteiger partial charge in [-0.15, -0.1) is 10.2 Å². The van der Waals surface area contributed by atoms with Crippen molar-refractivity contribution in [2.45, 2.75) is 33.3 Å². The zero-order valence-corrected chi connectivity index (χ0v) is 15.1. The van der Waals surface area contributed by atoms with E-state index in [-0.39, 0.29) is 0 Å². The molecule has 122 valence electrons. The Labute approximate surface area is 143 Å². The molecule has 0 spiro atoms. The average molecular weight is 379 g/mol. The third-order valence-electron chi connectivity index (χ3n) is 2.74. The van der Waals surface area contributed by atoms with Gasteiger partial charge in [0.2, 0.25) is 0 Å². The number of nitrogens with zero attached hydrogens (tertiary/aromatic N) is 2. The van der Waals surface area contributed by atoms with E-state index in [0.717, 1.165) is 15.7 Å². The summed E-state index contributed by atoms with van der Waals surface area (Å²) in [6.07, 6.45) is -0.559. The first-order valence-electron chi connectivity index (χ1n) is 7.10. The van der Waals surface area contributed by atoms with Crippen LogP contribution in [0.2, 0.25) is 0 Å². The maximum Gasteiger partial charge on any atom is 0.413 e. The van der Waals surface area contributed by atoms with Gasteiger partial charge in [0, 0.05) is 10.2 Å². The Kier molecular flexibility index (Phi) is 5.20. The lowest BCUT2D eigenvalue weighted by atomic mass is 10.2. The number of benzene rings is 1. The summed E-state index contributed by atoms with van der Waals surface area (Å²) >= 11 is 3.43. The van der Waals surface area contributed by atoms with Crippen molar-refractivity contribution in [1.82, 2.24) is 10.2 Å². The summed E-state index contributed by atoms with van der Waals surface area (Å²) in [6.45, 7) is 7.39. The minimum Gasteiger partial charge on any atom is -0.444 e. The van der Waals surface area contributed by atoms with Gasteiger partial charge in [-0.2, -0.15) is 0 Å². The number of hydrogen-bond donors (Lipinski definition) is 2. The van der Waals surface area contributed by atoms with Crippen molar-refractivity contribution in [2.24, 2.45) is 0 Å². The van der Waals surface area contributed by atoms with E-state index < -0.39 is 11.7 Å². The minimum atomic E-state index is -0.559. The highest BCUT2D eigenvalue weighted by Crippen LogP contribution is 2.23. The number of rotatable bonds is 3. The lowest BCUT2D eigenvalue weighted by Gasteiger charge is -2.19. The Morgan fingerprint density at radius 3 is 2.35 bits per heavy atom. The summed E-state index contributed by atoms with van der Waals surface area (Å²) in [6, 6.07) is 9.30. The van der Waals surface area contributed by atoms with Gasteiger partial charge in [-0.3, -0.25) is 5.32 Å². The highest BCUT2D eigenvalue weighted by molar-refractivity contribution is 9.10. The van der Waals surface area contributed by atoms with Crippen LogP contribution in [0.25, 0.3) is 0 Å². The Hall–Kier alpha value is -2.15. The molecule has 0 aliphatic rings. The summed E-state index contributed by atoms with van der Waals surface area (Å²) < 4.78 is 6.17. The van der Waals surface area contributed by atoms with Crippen LogP contribution in [-0.2, 0) is 4.74 Å². The molecule has 6 nitrogen and oxygen atoms in total. The van der Waals surface area contributed by atoms with E-state index in [1.807, 2.05) is 25.1 Å². The Bertz CT molecular complexity index is 696. The molecular weight excluding hydrogens is 360 g/mol. The predicted octanol–water partition coefficient (Wildman–Crippen LogP) is 4.64. The largest absolute Gasteiger partial charge is 0.444 e. The quantitative estimate of drug-likeness (QED) is 0.813. The second-order valence-corrected chi connectivity index (χ2v) is 6.93. The molecule has 23 heavy (non-hydrogen) atoms. The topological polar surface area (TPSA) is 76.1 Å².